The molecule has 1 aliphatic heterocycles. The molecule has 1 atom stereocenters. The van der Waals surface area contributed by atoms with E-state index in [9.17, 15) is 14.4 Å². The summed E-state index contributed by atoms with van der Waals surface area (Å²) in [6, 6.07) is 20.5. The molecular weight excluding hydrogens is 454 g/mol. The third-order valence-electron chi connectivity index (χ3n) is 6.08. The predicted octanol–water partition coefficient (Wildman–Crippen LogP) is 5.38. The molecule has 3 amide bonds. The lowest BCUT2D eigenvalue weighted by molar-refractivity contribution is -0.122. The number of anilines is 3. The Bertz CT molecular complexity index is 1260. The number of nitrogens with one attached hydrogen (secondary N) is 2. The van der Waals surface area contributed by atoms with E-state index in [1.807, 2.05) is 19.1 Å². The van der Waals surface area contributed by atoms with Gasteiger partial charge in [-0.25, -0.2) is 0 Å². The highest BCUT2D eigenvalue weighted by molar-refractivity contribution is 6.17. The summed E-state index contributed by atoms with van der Waals surface area (Å²) in [6.45, 7) is 8.76. The van der Waals surface area contributed by atoms with Crippen molar-refractivity contribution in [3.05, 3.63) is 83.9 Å². The van der Waals surface area contributed by atoms with Crippen molar-refractivity contribution >= 4 is 34.8 Å². The van der Waals surface area contributed by atoms with E-state index in [0.717, 1.165) is 5.56 Å². The quantitative estimate of drug-likeness (QED) is 0.491. The number of benzene rings is 3. The van der Waals surface area contributed by atoms with Crippen molar-refractivity contribution in [1.29, 1.82) is 0 Å². The number of amides is 3. The molecule has 0 bridgehead atoms. The van der Waals surface area contributed by atoms with E-state index < -0.39 is 11.9 Å². The van der Waals surface area contributed by atoms with Crippen LogP contribution in [-0.4, -0.2) is 30.4 Å². The van der Waals surface area contributed by atoms with Crippen LogP contribution in [0.15, 0.2) is 72.8 Å². The van der Waals surface area contributed by atoms with Gasteiger partial charge in [-0.1, -0.05) is 45.0 Å². The van der Waals surface area contributed by atoms with Crippen molar-refractivity contribution in [1.82, 2.24) is 0 Å². The van der Waals surface area contributed by atoms with Crippen molar-refractivity contribution in [2.24, 2.45) is 0 Å². The van der Waals surface area contributed by atoms with E-state index in [-0.39, 0.29) is 23.7 Å². The second-order valence-corrected chi connectivity index (χ2v) is 9.73. The van der Waals surface area contributed by atoms with Crippen molar-refractivity contribution < 1.29 is 19.1 Å². The Morgan fingerprint density at radius 3 is 2.28 bits per heavy atom. The number of carbonyl (C=O) groups is 3. The normalized spacial score (nSPS) is 15.1. The molecule has 0 saturated heterocycles. The minimum absolute atomic E-state index is 0.0549. The lowest BCUT2D eigenvalue weighted by atomic mass is 9.86. The Hall–Kier alpha value is -4.13. The molecule has 0 radical (unpaired) electrons. The average Bonchev–Trinajstić information content (AvgIpc) is 2.85. The molecule has 2 N–H and O–H groups in total. The molecule has 36 heavy (non-hydrogen) atoms. The zero-order valence-electron chi connectivity index (χ0n) is 21.0. The number of para-hydroxylation sites is 2. The van der Waals surface area contributed by atoms with Crippen LogP contribution in [0, 0.1) is 0 Å². The fourth-order valence-electron chi connectivity index (χ4n) is 4.17. The van der Waals surface area contributed by atoms with Gasteiger partial charge in [-0.2, -0.15) is 0 Å². The molecule has 7 heteroatoms. The second kappa shape index (κ2) is 10.2. The number of fused-ring (bicyclic) bond motifs is 1. The summed E-state index contributed by atoms with van der Waals surface area (Å²) >= 11 is 0. The maximum atomic E-state index is 13.7. The number of hydrogen-bond donors (Lipinski definition) is 2. The van der Waals surface area contributed by atoms with Crippen molar-refractivity contribution in [3.63, 3.8) is 0 Å². The first-order chi connectivity index (χ1) is 17.2. The minimum atomic E-state index is -1.00. The van der Waals surface area contributed by atoms with Gasteiger partial charge in [0.25, 0.3) is 5.91 Å². The van der Waals surface area contributed by atoms with Gasteiger partial charge in [0.05, 0.1) is 24.4 Å². The van der Waals surface area contributed by atoms with Gasteiger partial charge in [-0.15, -0.1) is 0 Å². The molecule has 3 aromatic carbocycles. The predicted molar refractivity (Wildman–Crippen MR) is 142 cm³/mol. The molecule has 4 rings (SSSR count). The maximum absolute atomic E-state index is 13.7. The van der Waals surface area contributed by atoms with E-state index >= 15 is 0 Å². The zero-order valence-corrected chi connectivity index (χ0v) is 21.0. The summed E-state index contributed by atoms with van der Waals surface area (Å²) in [6.07, 6.45) is -0.195. The van der Waals surface area contributed by atoms with Crippen LogP contribution in [-0.2, 0) is 15.0 Å². The van der Waals surface area contributed by atoms with Crippen LogP contribution in [0.4, 0.5) is 17.1 Å². The van der Waals surface area contributed by atoms with Crippen LogP contribution in [0.5, 0.6) is 5.75 Å². The van der Waals surface area contributed by atoms with Gasteiger partial charge < -0.3 is 15.4 Å². The molecule has 1 aliphatic rings. The van der Waals surface area contributed by atoms with Gasteiger partial charge in [0.2, 0.25) is 11.8 Å². The van der Waals surface area contributed by atoms with E-state index in [2.05, 4.69) is 31.4 Å². The number of rotatable bonds is 6. The highest BCUT2D eigenvalue weighted by atomic mass is 16.5. The van der Waals surface area contributed by atoms with Crippen molar-refractivity contribution in [3.8, 4) is 5.75 Å². The van der Waals surface area contributed by atoms with Crippen molar-refractivity contribution in [2.75, 3.05) is 22.1 Å². The minimum Gasteiger partial charge on any atom is -0.494 e. The molecule has 0 saturated carbocycles. The third kappa shape index (κ3) is 5.40. The SMILES string of the molecule is CCOc1ccc(NC(=O)CC2C(=O)Nc3ccccc3N2C(=O)c2ccc(C(C)(C)C)cc2)cc1. The Kier molecular flexibility index (Phi) is 7.10. The highest BCUT2D eigenvalue weighted by Gasteiger charge is 2.38. The summed E-state index contributed by atoms with van der Waals surface area (Å²) in [4.78, 5) is 41.2. The van der Waals surface area contributed by atoms with E-state index in [1.54, 1.807) is 60.7 Å². The Balaban J connectivity index is 1.60. The molecule has 186 valence electrons. The van der Waals surface area contributed by atoms with E-state index in [4.69, 9.17) is 4.74 Å². The summed E-state index contributed by atoms with van der Waals surface area (Å²) in [5.74, 6) is -0.417. The number of ether oxygens (including phenoxy) is 1. The Labute approximate surface area is 211 Å². The Morgan fingerprint density at radius 1 is 0.972 bits per heavy atom. The largest absolute Gasteiger partial charge is 0.494 e. The number of nitrogens with zero attached hydrogens (tertiary/aromatic N) is 1. The molecule has 0 aromatic heterocycles. The lowest BCUT2D eigenvalue weighted by Crippen LogP contribution is -2.52. The highest BCUT2D eigenvalue weighted by Crippen LogP contribution is 2.34. The van der Waals surface area contributed by atoms with E-state index in [1.165, 1.54) is 4.90 Å². The summed E-state index contributed by atoms with van der Waals surface area (Å²) in [5, 5.41) is 5.65. The average molecular weight is 486 g/mol. The molecular formula is C29H31N3O4. The molecule has 0 fully saturated rings. The topological polar surface area (TPSA) is 87.7 Å². The Morgan fingerprint density at radius 2 is 1.64 bits per heavy atom. The smallest absolute Gasteiger partial charge is 0.259 e. The van der Waals surface area contributed by atoms with Crippen LogP contribution in [0.2, 0.25) is 0 Å². The monoisotopic (exact) mass is 485 g/mol. The first kappa shape index (κ1) is 25.0. The van der Waals surface area contributed by atoms with Crippen LogP contribution in [0.1, 0.15) is 50.0 Å². The summed E-state index contributed by atoms with van der Waals surface area (Å²) < 4.78 is 5.43. The van der Waals surface area contributed by atoms with E-state index in [0.29, 0.717) is 35.0 Å². The number of hydrogen-bond acceptors (Lipinski definition) is 4. The fourth-order valence-corrected chi connectivity index (χ4v) is 4.17. The molecule has 7 nitrogen and oxygen atoms in total. The van der Waals surface area contributed by atoms with Gasteiger partial charge in [-0.3, -0.25) is 19.3 Å². The molecule has 1 unspecified atom stereocenters. The van der Waals surface area contributed by atoms with Gasteiger partial charge in [0.1, 0.15) is 11.8 Å². The zero-order chi connectivity index (χ0) is 25.9. The van der Waals surface area contributed by atoms with Gasteiger partial charge in [0.15, 0.2) is 0 Å². The van der Waals surface area contributed by atoms with Crippen LogP contribution in [0.3, 0.4) is 0 Å². The first-order valence-electron chi connectivity index (χ1n) is 12.0. The number of carbonyl (C=O) groups excluding carboxylic acids is 3. The second-order valence-electron chi connectivity index (χ2n) is 9.73. The molecule has 0 spiro atoms. The molecule has 3 aromatic rings. The lowest BCUT2D eigenvalue weighted by Gasteiger charge is -2.36. The molecule has 1 heterocycles. The summed E-state index contributed by atoms with van der Waals surface area (Å²) in [7, 11) is 0. The standard InChI is InChI=1S/C29H31N3O4/c1-5-36-22-16-14-21(15-17-22)30-26(33)18-25-27(34)31-23-8-6-7-9-24(23)32(25)28(35)19-10-12-20(13-11-19)29(2,3)4/h6-17,25H,5,18H2,1-4H3,(H,30,33)(H,31,34). The summed E-state index contributed by atoms with van der Waals surface area (Å²) in [5.41, 5.74) is 3.16. The van der Waals surface area contributed by atoms with Crippen molar-refractivity contribution in [2.45, 2.75) is 45.6 Å². The van der Waals surface area contributed by atoms with Gasteiger partial charge in [-0.05, 0) is 66.4 Å². The van der Waals surface area contributed by atoms with Crippen LogP contribution >= 0.6 is 0 Å². The van der Waals surface area contributed by atoms with Gasteiger partial charge >= 0.3 is 0 Å². The first-order valence-corrected chi connectivity index (χ1v) is 12.0. The van der Waals surface area contributed by atoms with Gasteiger partial charge in [0, 0.05) is 11.3 Å². The third-order valence-corrected chi connectivity index (χ3v) is 6.08. The van der Waals surface area contributed by atoms with Crippen LogP contribution in [0.25, 0.3) is 0 Å². The fraction of sp³-hybridized carbons (Fsp3) is 0.276. The van der Waals surface area contributed by atoms with Crippen LogP contribution < -0.4 is 20.3 Å². The maximum Gasteiger partial charge on any atom is 0.259 e. The molecule has 0 aliphatic carbocycles.